The summed E-state index contributed by atoms with van der Waals surface area (Å²) in [6, 6.07) is 14.1. The molecule has 0 spiro atoms. The molecule has 3 fully saturated rings. The lowest BCUT2D eigenvalue weighted by molar-refractivity contribution is -0.116. The molecule has 0 radical (unpaired) electrons. The molecule has 2 saturated heterocycles. The Balaban J connectivity index is 0.000000264. The molecule has 0 unspecified atom stereocenters. The minimum absolute atomic E-state index is 0.261. The van der Waals surface area contributed by atoms with E-state index < -0.39 is 29.1 Å². The van der Waals surface area contributed by atoms with E-state index >= 15 is 0 Å². The normalized spacial score (nSPS) is 22.6. The van der Waals surface area contributed by atoms with Gasteiger partial charge in [-0.15, -0.1) is 0 Å². The Morgan fingerprint density at radius 2 is 1.14 bits per heavy atom. The summed E-state index contributed by atoms with van der Waals surface area (Å²) < 4.78 is 22.1. The Hall–Kier alpha value is -3.54. The van der Waals surface area contributed by atoms with E-state index in [2.05, 4.69) is 13.8 Å². The molecule has 366 valence electrons. The molecular weight excluding hydrogens is 867 g/mol. The maximum atomic E-state index is 12.8. The molecule has 2 amide bonds. The summed E-state index contributed by atoms with van der Waals surface area (Å²) in [7, 11) is 0. The largest absolute Gasteiger partial charge is 0.509 e. The zero-order valence-electron chi connectivity index (χ0n) is 42.0. The van der Waals surface area contributed by atoms with Crippen molar-refractivity contribution in [2.75, 3.05) is 0 Å². The minimum atomic E-state index is -0.796. The smallest absolute Gasteiger partial charge is 0.444 e. The summed E-state index contributed by atoms with van der Waals surface area (Å²) in [5.74, 6) is 0.278. The predicted molar refractivity (Wildman–Crippen MR) is 259 cm³/mol. The third-order valence-electron chi connectivity index (χ3n) is 11.9. The first-order chi connectivity index (χ1) is 29.7. The molecule has 2 aliphatic heterocycles. The van der Waals surface area contributed by atoms with Gasteiger partial charge in [-0.2, -0.15) is 0 Å². The van der Waals surface area contributed by atoms with Crippen molar-refractivity contribution in [1.29, 1.82) is 0 Å². The Bertz CT molecular complexity index is 1890. The summed E-state index contributed by atoms with van der Waals surface area (Å²) in [5.41, 5.74) is -0.431. The second kappa shape index (κ2) is 22.5. The number of aldehydes is 1. The lowest BCUT2D eigenvalue weighted by atomic mass is 9.69. The minimum Gasteiger partial charge on any atom is -0.444 e. The van der Waals surface area contributed by atoms with E-state index in [1.54, 1.807) is 21.9 Å². The number of amides is 2. The number of piperidine rings is 2. The van der Waals surface area contributed by atoms with E-state index in [4.69, 9.17) is 42.1 Å². The number of carbonyl (C=O) groups excluding carboxylic acids is 4. The van der Waals surface area contributed by atoms with Crippen LogP contribution in [0.4, 0.5) is 14.4 Å². The molecule has 1 saturated carbocycles. The molecule has 3 aliphatic rings. The zero-order valence-corrected chi connectivity index (χ0v) is 43.5. The molecule has 2 aromatic rings. The fourth-order valence-corrected chi connectivity index (χ4v) is 9.52. The van der Waals surface area contributed by atoms with Gasteiger partial charge in [-0.1, -0.05) is 67.7 Å². The fraction of sp³-hybridized carbons (Fsp3) is 0.692. The maximum Gasteiger partial charge on any atom is 0.509 e. The number of benzene rings is 2. The monoisotopic (exact) mass is 947 g/mol. The Kier molecular flexibility index (Phi) is 19.3. The van der Waals surface area contributed by atoms with Crippen LogP contribution in [0.1, 0.15) is 191 Å². The van der Waals surface area contributed by atoms with Gasteiger partial charge in [-0.3, -0.25) is 9.80 Å². The molecule has 65 heavy (non-hydrogen) atoms. The summed E-state index contributed by atoms with van der Waals surface area (Å²) in [5, 5.41) is 12.1. The lowest BCUT2D eigenvalue weighted by Crippen LogP contribution is -2.58. The van der Waals surface area contributed by atoms with Gasteiger partial charge in [0.25, 0.3) is 0 Å². The summed E-state index contributed by atoms with van der Waals surface area (Å²) in [6.45, 7) is 29.1. The molecule has 1 aliphatic carbocycles. The zero-order chi connectivity index (χ0) is 49.3. The topological polar surface area (TPSA) is 132 Å². The van der Waals surface area contributed by atoms with Crippen LogP contribution >= 0.6 is 23.2 Å². The van der Waals surface area contributed by atoms with E-state index in [1.807, 2.05) is 126 Å². The second-order valence-corrected chi connectivity index (χ2v) is 23.8. The van der Waals surface area contributed by atoms with E-state index in [9.17, 15) is 24.3 Å². The Morgan fingerprint density at radius 3 is 1.63 bits per heavy atom. The summed E-state index contributed by atoms with van der Waals surface area (Å²) in [4.78, 5) is 51.6. The summed E-state index contributed by atoms with van der Waals surface area (Å²) >= 11 is 12.2. The SMILES string of the molecule is CC(C)(C)OC(=O)N1[C@@H](C=O)CCCC1(C)C.CC(C)(C)OC(=O)N1[C@@H]([C@@H](O)c2cccc(Cl)c2)CCCC1(C)C.CC1(C)CCC[C@H]([C@H](OC(=O)OC(C)(C)C)c2cccc(Cl)c2)C1. The van der Waals surface area contributed by atoms with Gasteiger partial charge in [-0.25, -0.2) is 14.4 Å². The van der Waals surface area contributed by atoms with E-state index in [-0.39, 0.29) is 52.8 Å². The van der Waals surface area contributed by atoms with Crippen molar-refractivity contribution in [1.82, 2.24) is 9.80 Å². The predicted octanol–water partition coefficient (Wildman–Crippen LogP) is 14.2. The van der Waals surface area contributed by atoms with Crippen molar-refractivity contribution in [3.8, 4) is 0 Å². The van der Waals surface area contributed by atoms with Gasteiger partial charge in [0, 0.05) is 27.0 Å². The molecule has 1 N–H and O–H groups in total. The number of aliphatic hydroxyl groups is 1. The van der Waals surface area contributed by atoms with Crippen LogP contribution in [-0.4, -0.2) is 79.5 Å². The van der Waals surface area contributed by atoms with Gasteiger partial charge in [0.1, 0.15) is 29.2 Å². The highest BCUT2D eigenvalue weighted by atomic mass is 35.5. The maximum absolute atomic E-state index is 12.8. The average Bonchev–Trinajstić information content (AvgIpc) is 3.13. The number of carbonyl (C=O) groups is 4. The van der Waals surface area contributed by atoms with Crippen LogP contribution in [0.25, 0.3) is 0 Å². The van der Waals surface area contributed by atoms with Crippen molar-refractivity contribution in [2.45, 2.75) is 220 Å². The molecule has 2 aromatic carbocycles. The lowest BCUT2D eigenvalue weighted by Gasteiger charge is -2.49. The highest BCUT2D eigenvalue weighted by Crippen LogP contribution is 2.46. The van der Waals surface area contributed by atoms with Crippen LogP contribution in [-0.2, 0) is 23.7 Å². The number of rotatable bonds is 6. The number of aliphatic hydroxyl groups excluding tert-OH is 1. The van der Waals surface area contributed by atoms with Crippen molar-refractivity contribution in [3.05, 3.63) is 69.7 Å². The standard InChI is InChI=1S/C20H29ClO3.C19H28ClNO3.C13H23NO3/c1-19(2,3)24-18(22)23-17(14-8-6-10-16(21)12-14)15-9-7-11-20(4,5)13-15;1-18(2,3)24-17(23)21-15(10-7-11-19(21,4)5)16(22)13-8-6-9-14(20)12-13;1-12(2,3)17-11(16)14-10(9-15)7-6-8-13(14,4)5/h6,8,10,12,15,17H,7,9,11,13H2,1-5H3;6,8-9,12,15-16,22H,7,10-11H2,1-5H3;9-10H,6-8H2,1-5H3/t15-,17+;15-,16+;10-/m011/s1. The number of nitrogens with zero attached hydrogens (tertiary/aromatic N) is 2. The van der Waals surface area contributed by atoms with Gasteiger partial charge in [0.15, 0.2) is 0 Å². The number of halogens is 2. The number of likely N-dealkylation sites (tertiary alicyclic amines) is 2. The number of hydrogen-bond donors (Lipinski definition) is 1. The second-order valence-electron chi connectivity index (χ2n) is 23.0. The van der Waals surface area contributed by atoms with Crippen LogP contribution in [0.3, 0.4) is 0 Å². The van der Waals surface area contributed by atoms with Gasteiger partial charge >= 0.3 is 18.3 Å². The number of ether oxygens (including phenoxy) is 4. The van der Waals surface area contributed by atoms with E-state index in [0.717, 1.165) is 75.2 Å². The Labute approximate surface area is 400 Å². The van der Waals surface area contributed by atoms with Crippen LogP contribution in [0, 0.1) is 11.3 Å². The molecule has 13 heteroatoms. The average molecular weight is 948 g/mol. The number of hydrogen-bond acceptors (Lipinski definition) is 9. The van der Waals surface area contributed by atoms with Gasteiger partial charge in [-0.05, 0) is 189 Å². The van der Waals surface area contributed by atoms with Gasteiger partial charge in [0.2, 0.25) is 0 Å². The first-order valence-corrected chi connectivity index (χ1v) is 24.1. The first kappa shape index (κ1) is 55.8. The summed E-state index contributed by atoms with van der Waals surface area (Å²) in [6.07, 6.45) is 7.93. The van der Waals surface area contributed by atoms with Gasteiger partial charge < -0.3 is 28.8 Å². The van der Waals surface area contributed by atoms with Crippen LogP contribution in [0.2, 0.25) is 10.0 Å². The molecule has 5 atom stereocenters. The molecule has 5 rings (SSSR count). The van der Waals surface area contributed by atoms with Crippen molar-refractivity contribution >= 4 is 47.8 Å². The molecular formula is C52H80Cl2N2O9. The van der Waals surface area contributed by atoms with Crippen molar-refractivity contribution < 1.29 is 43.2 Å². The molecule has 0 bridgehead atoms. The van der Waals surface area contributed by atoms with Crippen LogP contribution in [0.15, 0.2) is 48.5 Å². The highest BCUT2D eigenvalue weighted by Gasteiger charge is 2.45. The third-order valence-corrected chi connectivity index (χ3v) is 12.4. The van der Waals surface area contributed by atoms with Crippen molar-refractivity contribution in [2.24, 2.45) is 11.3 Å². The fourth-order valence-electron chi connectivity index (χ4n) is 9.13. The quantitative estimate of drug-likeness (QED) is 0.171. The van der Waals surface area contributed by atoms with Gasteiger partial charge in [0.05, 0.1) is 18.2 Å². The highest BCUT2D eigenvalue weighted by molar-refractivity contribution is 6.30. The van der Waals surface area contributed by atoms with E-state index in [0.29, 0.717) is 10.0 Å². The van der Waals surface area contributed by atoms with Crippen molar-refractivity contribution in [3.63, 3.8) is 0 Å². The molecule has 0 aromatic heterocycles. The van der Waals surface area contributed by atoms with Crippen LogP contribution < -0.4 is 0 Å². The molecule has 2 heterocycles. The van der Waals surface area contributed by atoms with Crippen LogP contribution in [0.5, 0.6) is 0 Å². The van der Waals surface area contributed by atoms with E-state index in [1.165, 1.54) is 6.42 Å². The Morgan fingerprint density at radius 1 is 0.677 bits per heavy atom. The third kappa shape index (κ3) is 17.9. The first-order valence-electron chi connectivity index (χ1n) is 23.3. The molecule has 11 nitrogen and oxygen atoms in total.